The molecule has 2 aliphatic rings. The van der Waals surface area contributed by atoms with Gasteiger partial charge in [-0.3, -0.25) is 9.89 Å². The van der Waals surface area contributed by atoms with Gasteiger partial charge in [0.25, 0.3) is 0 Å². The second-order valence-electron chi connectivity index (χ2n) is 7.21. The molecule has 138 valence electrons. The lowest BCUT2D eigenvalue weighted by Crippen LogP contribution is -2.44. The molecule has 1 saturated carbocycles. The molecular formula is C20H32N4O. The number of guanidine groups is 1. The summed E-state index contributed by atoms with van der Waals surface area (Å²) in [7, 11) is 3.92. The van der Waals surface area contributed by atoms with E-state index in [-0.39, 0.29) is 0 Å². The number of nitrogens with one attached hydrogen (secondary N) is 1. The van der Waals surface area contributed by atoms with Crippen LogP contribution < -0.4 is 5.32 Å². The van der Waals surface area contributed by atoms with Crippen molar-refractivity contribution in [2.45, 2.75) is 25.8 Å². The first kappa shape index (κ1) is 18.2. The highest BCUT2D eigenvalue weighted by molar-refractivity contribution is 5.79. The average molecular weight is 345 g/mol. The van der Waals surface area contributed by atoms with Gasteiger partial charge in [0.05, 0.1) is 6.61 Å². The molecule has 1 N–H and O–H groups in total. The van der Waals surface area contributed by atoms with Crippen LogP contribution in [0.15, 0.2) is 29.3 Å². The number of rotatable bonds is 8. The molecule has 0 atom stereocenters. The molecule has 0 aromatic heterocycles. The van der Waals surface area contributed by atoms with Gasteiger partial charge in [0, 0.05) is 53.4 Å². The van der Waals surface area contributed by atoms with Crippen molar-refractivity contribution in [2.24, 2.45) is 10.9 Å². The number of fused-ring (bicyclic) bond motifs is 1. The number of nitrogens with zero attached hydrogens (tertiary/aromatic N) is 3. The summed E-state index contributed by atoms with van der Waals surface area (Å²) in [5.74, 6) is 1.78. The van der Waals surface area contributed by atoms with E-state index in [0.29, 0.717) is 0 Å². The number of hydrogen-bond acceptors (Lipinski definition) is 3. The van der Waals surface area contributed by atoms with E-state index in [1.807, 2.05) is 7.05 Å². The topological polar surface area (TPSA) is 40.1 Å². The van der Waals surface area contributed by atoms with E-state index in [1.165, 1.54) is 24.0 Å². The number of aliphatic imine (C=N–C) groups is 1. The monoisotopic (exact) mass is 344 g/mol. The van der Waals surface area contributed by atoms with Crippen molar-refractivity contribution in [3.8, 4) is 0 Å². The Labute approximate surface area is 152 Å². The zero-order chi connectivity index (χ0) is 17.5. The molecule has 0 amide bonds. The summed E-state index contributed by atoms with van der Waals surface area (Å²) in [4.78, 5) is 9.06. The smallest absolute Gasteiger partial charge is 0.193 e. The average Bonchev–Trinajstić information content (AvgIpc) is 3.46. The van der Waals surface area contributed by atoms with E-state index in [9.17, 15) is 0 Å². The minimum atomic E-state index is 0.774. The summed E-state index contributed by atoms with van der Waals surface area (Å²) in [5, 5.41) is 3.48. The third-order valence-electron chi connectivity index (χ3n) is 5.12. The molecule has 3 rings (SSSR count). The molecule has 1 aliphatic carbocycles. The minimum absolute atomic E-state index is 0.774. The van der Waals surface area contributed by atoms with Crippen LogP contribution in [0.5, 0.6) is 0 Å². The van der Waals surface area contributed by atoms with Gasteiger partial charge in [-0.15, -0.1) is 0 Å². The van der Waals surface area contributed by atoms with Gasteiger partial charge in [-0.25, -0.2) is 0 Å². The van der Waals surface area contributed by atoms with Crippen molar-refractivity contribution in [3.63, 3.8) is 0 Å². The van der Waals surface area contributed by atoms with E-state index in [0.717, 1.165) is 64.2 Å². The molecule has 25 heavy (non-hydrogen) atoms. The van der Waals surface area contributed by atoms with Crippen molar-refractivity contribution >= 4 is 5.96 Å². The van der Waals surface area contributed by atoms with Crippen LogP contribution in [-0.2, 0) is 17.7 Å². The van der Waals surface area contributed by atoms with Crippen molar-refractivity contribution in [3.05, 3.63) is 35.4 Å². The van der Waals surface area contributed by atoms with E-state index < -0.39 is 0 Å². The second-order valence-corrected chi connectivity index (χ2v) is 7.21. The zero-order valence-corrected chi connectivity index (χ0v) is 15.7. The Kier molecular flexibility index (Phi) is 6.70. The van der Waals surface area contributed by atoms with Crippen LogP contribution in [0.1, 0.15) is 24.0 Å². The van der Waals surface area contributed by atoms with Crippen LogP contribution in [0, 0.1) is 5.92 Å². The van der Waals surface area contributed by atoms with Crippen LogP contribution in [0.4, 0.5) is 0 Å². The molecule has 1 aromatic carbocycles. The van der Waals surface area contributed by atoms with E-state index >= 15 is 0 Å². The fraction of sp³-hybridized carbons (Fsp3) is 0.650. The maximum atomic E-state index is 5.72. The highest BCUT2D eigenvalue weighted by Crippen LogP contribution is 2.28. The Morgan fingerprint density at radius 2 is 2.12 bits per heavy atom. The number of benzene rings is 1. The zero-order valence-electron chi connectivity index (χ0n) is 15.7. The molecule has 0 saturated heterocycles. The van der Waals surface area contributed by atoms with Crippen molar-refractivity contribution < 1.29 is 4.74 Å². The Morgan fingerprint density at radius 3 is 2.88 bits per heavy atom. The first-order chi connectivity index (χ1) is 12.3. The van der Waals surface area contributed by atoms with Gasteiger partial charge in [0.2, 0.25) is 0 Å². The highest BCUT2D eigenvalue weighted by Gasteiger charge is 2.21. The third-order valence-corrected chi connectivity index (χ3v) is 5.12. The number of likely N-dealkylation sites (N-methyl/N-ethyl adjacent to an activating group) is 1. The van der Waals surface area contributed by atoms with Gasteiger partial charge in [-0.05, 0) is 36.3 Å². The van der Waals surface area contributed by atoms with E-state index in [4.69, 9.17) is 4.74 Å². The first-order valence-corrected chi connectivity index (χ1v) is 9.55. The quantitative estimate of drug-likeness (QED) is 0.445. The third kappa shape index (κ3) is 5.72. The Morgan fingerprint density at radius 1 is 1.32 bits per heavy atom. The molecule has 0 bridgehead atoms. The lowest BCUT2D eigenvalue weighted by molar-refractivity contribution is 0.115. The SMILES string of the molecule is CN=C(NCCN1CCc2ccccc2C1)N(C)CCOCC1CC1. The van der Waals surface area contributed by atoms with Gasteiger partial charge < -0.3 is 15.0 Å². The van der Waals surface area contributed by atoms with Crippen LogP contribution in [-0.4, -0.2) is 69.2 Å². The van der Waals surface area contributed by atoms with E-state index in [1.54, 1.807) is 0 Å². The fourth-order valence-corrected chi connectivity index (χ4v) is 3.30. The predicted molar refractivity (Wildman–Crippen MR) is 103 cm³/mol. The minimum Gasteiger partial charge on any atom is -0.379 e. The van der Waals surface area contributed by atoms with Gasteiger partial charge >= 0.3 is 0 Å². The van der Waals surface area contributed by atoms with Gasteiger partial charge in [-0.1, -0.05) is 24.3 Å². The lowest BCUT2D eigenvalue weighted by Gasteiger charge is -2.29. The Bertz CT molecular complexity index is 571. The molecule has 1 heterocycles. The van der Waals surface area contributed by atoms with Crippen LogP contribution in [0.2, 0.25) is 0 Å². The predicted octanol–water partition coefficient (Wildman–Crippen LogP) is 1.98. The summed E-state index contributed by atoms with van der Waals surface area (Å²) in [6.45, 7) is 6.74. The molecule has 5 heteroatoms. The molecular weight excluding hydrogens is 312 g/mol. The second kappa shape index (κ2) is 9.20. The van der Waals surface area contributed by atoms with E-state index in [2.05, 4.69) is 51.4 Å². The van der Waals surface area contributed by atoms with Gasteiger partial charge in [-0.2, -0.15) is 0 Å². The molecule has 0 radical (unpaired) electrons. The molecule has 1 aliphatic heterocycles. The first-order valence-electron chi connectivity index (χ1n) is 9.55. The number of ether oxygens (including phenoxy) is 1. The van der Waals surface area contributed by atoms with Crippen molar-refractivity contribution in [1.82, 2.24) is 15.1 Å². The molecule has 1 fully saturated rings. The van der Waals surface area contributed by atoms with Crippen LogP contribution in [0.3, 0.4) is 0 Å². The molecule has 0 unspecified atom stereocenters. The Balaban J connectivity index is 1.33. The van der Waals surface area contributed by atoms with Crippen LogP contribution >= 0.6 is 0 Å². The molecule has 0 spiro atoms. The molecule has 5 nitrogen and oxygen atoms in total. The van der Waals surface area contributed by atoms with Gasteiger partial charge in [0.1, 0.15) is 0 Å². The number of hydrogen-bond donors (Lipinski definition) is 1. The maximum absolute atomic E-state index is 5.72. The summed E-state index contributed by atoms with van der Waals surface area (Å²) in [6, 6.07) is 8.79. The summed E-state index contributed by atoms with van der Waals surface area (Å²) in [5.41, 5.74) is 2.98. The fourth-order valence-electron chi connectivity index (χ4n) is 3.30. The normalized spacial score (nSPS) is 18.1. The van der Waals surface area contributed by atoms with Crippen molar-refractivity contribution in [1.29, 1.82) is 0 Å². The highest BCUT2D eigenvalue weighted by atomic mass is 16.5. The maximum Gasteiger partial charge on any atom is 0.193 e. The largest absolute Gasteiger partial charge is 0.379 e. The summed E-state index contributed by atoms with van der Waals surface area (Å²) < 4.78 is 5.72. The molecule has 1 aromatic rings. The van der Waals surface area contributed by atoms with Gasteiger partial charge in [0.15, 0.2) is 5.96 Å². The standard InChI is InChI=1S/C20H32N4O/c1-21-20(23(2)13-14-25-16-17-7-8-17)22-10-12-24-11-9-18-5-3-4-6-19(18)15-24/h3-6,17H,7-16H2,1-2H3,(H,21,22). The lowest BCUT2D eigenvalue weighted by atomic mass is 10.00. The Hall–Kier alpha value is -1.59. The summed E-state index contributed by atoms with van der Waals surface area (Å²) >= 11 is 0. The summed E-state index contributed by atoms with van der Waals surface area (Å²) in [6.07, 6.45) is 3.85. The van der Waals surface area contributed by atoms with Crippen molar-refractivity contribution in [2.75, 3.05) is 53.5 Å². The van der Waals surface area contributed by atoms with Crippen LogP contribution in [0.25, 0.3) is 0 Å².